The van der Waals surface area contributed by atoms with Gasteiger partial charge >= 0.3 is 5.97 Å². The zero-order valence-corrected chi connectivity index (χ0v) is 18.3. The van der Waals surface area contributed by atoms with Crippen molar-refractivity contribution >= 4 is 49.2 Å². The van der Waals surface area contributed by atoms with Crippen LogP contribution in [0.1, 0.15) is 50.7 Å². The van der Waals surface area contributed by atoms with Crippen LogP contribution in [-0.4, -0.2) is 27.9 Å². The Balaban J connectivity index is 1.59. The lowest BCUT2D eigenvalue weighted by Gasteiger charge is -2.08. The molecule has 3 aromatic rings. The summed E-state index contributed by atoms with van der Waals surface area (Å²) in [5.41, 5.74) is 0.950. The van der Waals surface area contributed by atoms with Crippen LogP contribution in [-0.2, 0) is 17.7 Å². The number of hydrogen-bond donors (Lipinski definition) is 0. The lowest BCUT2D eigenvalue weighted by Crippen LogP contribution is -2.24. The highest BCUT2D eigenvalue weighted by Crippen LogP contribution is 2.29. The Kier molecular flexibility index (Phi) is 5.65. The monoisotopic (exact) mass is 474 g/mol. The molecule has 6 nitrogen and oxygen atoms in total. The van der Waals surface area contributed by atoms with E-state index in [4.69, 9.17) is 4.74 Å². The van der Waals surface area contributed by atoms with E-state index in [1.165, 1.54) is 0 Å². The van der Waals surface area contributed by atoms with E-state index in [0.717, 1.165) is 47.3 Å². The van der Waals surface area contributed by atoms with Gasteiger partial charge < -0.3 is 4.74 Å². The lowest BCUT2D eigenvalue weighted by molar-refractivity contribution is 0.0479. The van der Waals surface area contributed by atoms with Gasteiger partial charge in [0.05, 0.1) is 5.39 Å². The molecule has 0 bridgehead atoms. The number of hydrogen-bond acceptors (Lipinski definition) is 6. The number of nitrogens with zero attached hydrogens (tertiary/aromatic N) is 2. The minimum absolute atomic E-state index is 0.0920. The maximum Gasteiger partial charge on any atom is 0.349 e. The molecule has 0 atom stereocenters. The van der Waals surface area contributed by atoms with Gasteiger partial charge in [0.1, 0.15) is 15.5 Å². The molecule has 0 aliphatic carbocycles. The van der Waals surface area contributed by atoms with E-state index in [-0.39, 0.29) is 17.9 Å². The number of halogens is 1. The molecule has 3 heterocycles. The number of aromatic nitrogens is 2. The molecule has 0 saturated heterocycles. The molecule has 0 amide bonds. The Hall–Kier alpha value is -2.32. The van der Waals surface area contributed by atoms with Crippen LogP contribution < -0.4 is 5.56 Å². The smallest absolute Gasteiger partial charge is 0.349 e. The van der Waals surface area contributed by atoms with Gasteiger partial charge in [-0.25, -0.2) is 9.78 Å². The number of thiophene rings is 1. The second-order valence-electron chi connectivity index (χ2n) is 7.04. The third-order valence-electron chi connectivity index (χ3n) is 5.10. The number of carbonyl (C=O) groups is 2. The molecule has 0 saturated carbocycles. The molecule has 2 aromatic heterocycles. The quantitative estimate of drug-likeness (QED) is 0.416. The van der Waals surface area contributed by atoms with Crippen molar-refractivity contribution in [2.75, 3.05) is 6.61 Å². The third kappa shape index (κ3) is 3.91. The number of ketones is 1. The van der Waals surface area contributed by atoms with Crippen molar-refractivity contribution in [2.45, 2.75) is 39.2 Å². The summed E-state index contributed by atoms with van der Waals surface area (Å²) < 4.78 is 7.85. The van der Waals surface area contributed by atoms with Gasteiger partial charge in [-0.3, -0.25) is 14.2 Å². The molecule has 0 fully saturated rings. The van der Waals surface area contributed by atoms with E-state index < -0.39 is 5.97 Å². The first-order chi connectivity index (χ1) is 14.0. The molecule has 0 radical (unpaired) electrons. The van der Waals surface area contributed by atoms with E-state index >= 15 is 0 Å². The Bertz CT molecular complexity index is 1160. The minimum atomic E-state index is -0.601. The van der Waals surface area contributed by atoms with Gasteiger partial charge in [0.2, 0.25) is 0 Å². The summed E-state index contributed by atoms with van der Waals surface area (Å²) in [5, 5.41) is 0.479. The minimum Gasteiger partial charge on any atom is -0.453 e. The number of esters is 1. The van der Waals surface area contributed by atoms with Gasteiger partial charge in [-0.1, -0.05) is 34.5 Å². The molecule has 8 heteroatoms. The summed E-state index contributed by atoms with van der Waals surface area (Å²) in [6.07, 6.45) is 3.81. The Morgan fingerprint density at radius 2 is 1.97 bits per heavy atom. The third-order valence-corrected chi connectivity index (χ3v) is 6.79. The largest absolute Gasteiger partial charge is 0.453 e. The zero-order chi connectivity index (χ0) is 20.5. The van der Waals surface area contributed by atoms with Crippen LogP contribution in [0, 0.1) is 6.92 Å². The molecule has 0 spiro atoms. The van der Waals surface area contributed by atoms with E-state index in [0.29, 0.717) is 32.8 Å². The highest BCUT2D eigenvalue weighted by atomic mass is 79.9. The molecule has 29 heavy (non-hydrogen) atoms. The number of aryl methyl sites for hydroxylation is 2. The number of carbonyl (C=O) groups excluding carboxylic acids is 2. The number of fused-ring (bicyclic) bond motifs is 2. The molecular weight excluding hydrogens is 456 g/mol. The van der Waals surface area contributed by atoms with E-state index in [1.54, 1.807) is 35.8 Å². The molecular formula is C21H19BrN2O4S. The van der Waals surface area contributed by atoms with Crippen molar-refractivity contribution in [1.29, 1.82) is 0 Å². The first kappa shape index (κ1) is 20.0. The molecule has 1 aliphatic heterocycles. The lowest BCUT2D eigenvalue weighted by atomic mass is 10.1. The van der Waals surface area contributed by atoms with Crippen molar-refractivity contribution in [1.82, 2.24) is 9.55 Å². The van der Waals surface area contributed by atoms with E-state index in [1.807, 2.05) is 0 Å². The van der Waals surface area contributed by atoms with Crippen LogP contribution in [0.4, 0.5) is 0 Å². The van der Waals surface area contributed by atoms with Crippen LogP contribution in [0.3, 0.4) is 0 Å². The molecule has 0 N–H and O–H groups in total. The number of rotatable bonds is 4. The highest BCUT2D eigenvalue weighted by Gasteiger charge is 2.23. The fourth-order valence-corrected chi connectivity index (χ4v) is 4.87. The van der Waals surface area contributed by atoms with Crippen LogP contribution in [0.15, 0.2) is 33.5 Å². The van der Waals surface area contributed by atoms with Gasteiger partial charge in [-0.2, -0.15) is 0 Å². The van der Waals surface area contributed by atoms with Crippen molar-refractivity contribution in [3.05, 3.63) is 60.9 Å². The van der Waals surface area contributed by atoms with Gasteiger partial charge in [0.25, 0.3) is 5.56 Å². The van der Waals surface area contributed by atoms with Crippen molar-refractivity contribution < 1.29 is 14.3 Å². The predicted molar refractivity (Wildman–Crippen MR) is 115 cm³/mol. The Morgan fingerprint density at radius 1 is 1.21 bits per heavy atom. The molecule has 1 aromatic carbocycles. The topological polar surface area (TPSA) is 78.3 Å². The van der Waals surface area contributed by atoms with Gasteiger partial charge in [0, 0.05) is 23.0 Å². The first-order valence-corrected chi connectivity index (χ1v) is 11.1. The summed E-state index contributed by atoms with van der Waals surface area (Å²) in [6.45, 7) is 2.05. The Morgan fingerprint density at radius 3 is 2.72 bits per heavy atom. The van der Waals surface area contributed by atoms with Crippen LogP contribution >= 0.6 is 27.3 Å². The summed E-state index contributed by atoms with van der Waals surface area (Å²) in [4.78, 5) is 43.4. The first-order valence-electron chi connectivity index (χ1n) is 9.44. The molecule has 0 unspecified atom stereocenters. The van der Waals surface area contributed by atoms with Gasteiger partial charge in [0.15, 0.2) is 12.4 Å². The zero-order valence-electron chi connectivity index (χ0n) is 15.9. The maximum atomic E-state index is 13.0. The van der Waals surface area contributed by atoms with Crippen LogP contribution in [0.25, 0.3) is 10.2 Å². The second-order valence-corrected chi connectivity index (χ2v) is 8.95. The summed E-state index contributed by atoms with van der Waals surface area (Å²) in [7, 11) is 0. The van der Waals surface area contributed by atoms with Crippen LogP contribution in [0.5, 0.6) is 0 Å². The second kappa shape index (κ2) is 8.20. The summed E-state index contributed by atoms with van der Waals surface area (Å²) >= 11 is 4.48. The number of ether oxygens (including phenoxy) is 1. The average molecular weight is 475 g/mol. The van der Waals surface area contributed by atoms with Crippen molar-refractivity contribution in [3.63, 3.8) is 0 Å². The van der Waals surface area contributed by atoms with Gasteiger partial charge in [-0.05, 0) is 37.5 Å². The summed E-state index contributed by atoms with van der Waals surface area (Å²) in [6, 6.07) is 6.86. The predicted octanol–water partition coefficient (Wildman–Crippen LogP) is 4.30. The maximum absolute atomic E-state index is 13.0. The highest BCUT2D eigenvalue weighted by molar-refractivity contribution is 9.10. The van der Waals surface area contributed by atoms with Crippen molar-refractivity contribution in [3.8, 4) is 0 Å². The Labute approximate surface area is 179 Å². The van der Waals surface area contributed by atoms with Crippen molar-refractivity contribution in [2.24, 2.45) is 0 Å². The molecule has 4 rings (SSSR count). The number of Topliss-reactive ketones (excluding diaryl/α,β-unsaturated/α-hetero) is 1. The van der Waals surface area contributed by atoms with Crippen LogP contribution in [0.2, 0.25) is 0 Å². The SMILES string of the molecule is Cc1c(C(=O)OCC(=O)c2ccc(Br)cc2)sc2nc3n(c(=O)c12)CCCCC3. The molecule has 1 aliphatic rings. The normalized spacial score (nSPS) is 13.7. The summed E-state index contributed by atoms with van der Waals surface area (Å²) in [5.74, 6) is -0.100. The number of benzene rings is 1. The standard InChI is InChI=1S/C21H19BrN2O4S/c1-12-17-19(23-16-5-3-2-4-10-24(16)20(17)26)29-18(12)21(27)28-11-15(25)13-6-8-14(22)9-7-13/h6-9H,2-5,10-11H2,1H3. The average Bonchev–Trinajstić information content (AvgIpc) is 2.88. The molecule has 150 valence electrons. The van der Waals surface area contributed by atoms with E-state index in [2.05, 4.69) is 20.9 Å². The fraction of sp³-hybridized carbons (Fsp3) is 0.333. The van der Waals surface area contributed by atoms with E-state index in [9.17, 15) is 14.4 Å². The van der Waals surface area contributed by atoms with Gasteiger partial charge in [-0.15, -0.1) is 11.3 Å². The fourth-order valence-electron chi connectivity index (χ4n) is 3.52.